The van der Waals surface area contributed by atoms with Gasteiger partial charge in [-0.2, -0.15) is 0 Å². The molecule has 0 fully saturated rings. The molecule has 1 radical (unpaired) electrons. The number of hydrogen-bond donors (Lipinski definition) is 0. The van der Waals surface area contributed by atoms with Gasteiger partial charge in [-0.05, 0) is 0 Å². The highest BCUT2D eigenvalue weighted by Crippen LogP contribution is 1.82. The number of pyridine rings is 2. The summed E-state index contributed by atoms with van der Waals surface area (Å²) in [6.07, 6.45) is 8.66. The first-order chi connectivity index (χ1) is 9.45. The minimum Gasteiger partial charge on any atom is -0.0619 e. The van der Waals surface area contributed by atoms with Crippen molar-refractivity contribution in [2.75, 3.05) is 0 Å². The predicted octanol–water partition coefficient (Wildman–Crippen LogP) is -1.02. The molecule has 0 amide bonds. The zero-order valence-electron chi connectivity index (χ0n) is 10.4. The Balaban J connectivity index is 2.12. The molecule has 0 saturated heterocycles. The van der Waals surface area contributed by atoms with Crippen molar-refractivity contribution in [3.63, 3.8) is 0 Å². The lowest BCUT2D eigenvalue weighted by atomic mass is 10.4. The summed E-state index contributed by atoms with van der Waals surface area (Å²) < 4.78 is 6.14. The number of nitrogens with zero attached hydrogens (tertiary/aromatic N) is 2. The summed E-state index contributed by atoms with van der Waals surface area (Å²) in [5.74, 6) is 0. The number of aromatic nitrogens is 2. The fraction of sp³-hybridized carbons (Fsp3) is 0. The minimum absolute atomic E-state index is 1.42. The lowest BCUT2D eigenvalue weighted by molar-refractivity contribution is -1.66. The third-order valence-corrected chi connectivity index (χ3v) is 7.89. The average Bonchev–Trinajstić information content (AvgIpc) is 2.51. The van der Waals surface area contributed by atoms with Crippen LogP contribution in [0.15, 0.2) is 91.5 Å². The summed E-state index contributed by atoms with van der Waals surface area (Å²) in [5, 5.41) is 0. The first-order valence-corrected chi connectivity index (χ1v) is 9.15. The van der Waals surface area contributed by atoms with Gasteiger partial charge < -0.3 is 0 Å². The van der Waals surface area contributed by atoms with Gasteiger partial charge in [0.25, 0.3) is 3.57 Å². The highest BCUT2D eigenvalue weighted by atomic mass is 127. The maximum Gasteiger partial charge on any atom is 0.702 e. The monoisotopic (exact) mass is 362 g/mol. The molecule has 0 saturated carbocycles. The number of hydrogen-bond acceptors (Lipinski definition) is 0. The van der Waals surface area contributed by atoms with Crippen LogP contribution in [0.4, 0.5) is 0 Å². The van der Waals surface area contributed by atoms with Crippen molar-refractivity contribution in [1.82, 2.24) is 0 Å². The zero-order chi connectivity index (χ0) is 12.9. The number of benzene rings is 1. The van der Waals surface area contributed by atoms with Gasteiger partial charge in [-0.25, -0.2) is 0 Å². The molecular weight excluding hydrogens is 347 g/mol. The second-order valence-electron chi connectivity index (χ2n) is 3.98. The SMILES string of the molecule is c1ccc([I+]([n+]2ccccc2)[n+]2ccccc2)cc1. The summed E-state index contributed by atoms with van der Waals surface area (Å²) in [6, 6.07) is 23.3. The second kappa shape index (κ2) is 5.93. The standard InChI is InChI=1S/C16H15IN2/c1-4-10-16(11-5-1)17(18-12-6-2-7-13-18)19-14-8-3-9-15-19/h1-15H/q+3. The van der Waals surface area contributed by atoms with Crippen LogP contribution in [-0.4, -0.2) is 0 Å². The van der Waals surface area contributed by atoms with E-state index >= 15 is 0 Å². The molecule has 3 heteroatoms. The number of rotatable bonds is 3. The van der Waals surface area contributed by atoms with Crippen molar-refractivity contribution >= 4 is 0 Å². The van der Waals surface area contributed by atoms with Crippen LogP contribution in [-0.2, 0) is 0 Å². The van der Waals surface area contributed by atoms with E-state index in [4.69, 9.17) is 0 Å². The smallest absolute Gasteiger partial charge is 0.0619 e. The third kappa shape index (κ3) is 2.81. The molecule has 0 aliphatic heterocycles. The van der Waals surface area contributed by atoms with Crippen LogP contribution < -0.4 is 25.9 Å². The zero-order valence-corrected chi connectivity index (χ0v) is 12.6. The van der Waals surface area contributed by atoms with Crippen LogP contribution in [0.2, 0.25) is 0 Å². The van der Waals surface area contributed by atoms with Crippen LogP contribution in [0.1, 0.15) is 0 Å². The maximum atomic E-state index is 2.36. The first-order valence-electron chi connectivity index (χ1n) is 6.14. The summed E-state index contributed by atoms with van der Waals surface area (Å²) in [7, 11) is 0. The minimum atomic E-state index is -1.68. The fourth-order valence-corrected chi connectivity index (χ4v) is 6.70. The first kappa shape index (κ1) is 12.3. The van der Waals surface area contributed by atoms with Crippen LogP contribution >= 0.6 is 0 Å². The quantitative estimate of drug-likeness (QED) is 0.528. The molecular formula is C16H15IN2+3. The molecule has 2 nitrogen and oxygen atoms in total. The van der Waals surface area contributed by atoms with Gasteiger partial charge in [0, 0.05) is 42.0 Å². The molecule has 0 atom stereocenters. The summed E-state index contributed by atoms with van der Waals surface area (Å²) >= 11 is -1.68. The van der Waals surface area contributed by atoms with Crippen molar-refractivity contribution in [2.45, 2.75) is 0 Å². The van der Waals surface area contributed by atoms with E-state index in [0.29, 0.717) is 0 Å². The van der Waals surface area contributed by atoms with E-state index in [1.165, 1.54) is 3.57 Å². The summed E-state index contributed by atoms with van der Waals surface area (Å²) in [6.45, 7) is 0. The van der Waals surface area contributed by atoms with Crippen LogP contribution in [0.25, 0.3) is 0 Å². The Morgan fingerprint density at radius 3 is 1.42 bits per heavy atom. The molecule has 93 valence electrons. The van der Waals surface area contributed by atoms with E-state index in [-0.39, 0.29) is 0 Å². The molecule has 0 aliphatic rings. The molecule has 0 spiro atoms. The Labute approximate surface area is 121 Å². The van der Waals surface area contributed by atoms with E-state index in [0.717, 1.165) is 0 Å². The molecule has 3 aromatic rings. The molecule has 1 aromatic carbocycles. The van der Waals surface area contributed by atoms with E-state index in [2.05, 4.69) is 97.1 Å². The van der Waals surface area contributed by atoms with Gasteiger partial charge in [0.1, 0.15) is 0 Å². The van der Waals surface area contributed by atoms with Crippen molar-refractivity contribution < 1.29 is 25.9 Å². The van der Waals surface area contributed by atoms with Gasteiger partial charge in [0.2, 0.25) is 24.8 Å². The van der Waals surface area contributed by atoms with E-state index in [9.17, 15) is 0 Å². The topological polar surface area (TPSA) is 7.76 Å². The molecule has 2 aromatic heterocycles. The Kier molecular flexibility index (Phi) is 3.83. The molecule has 2 heterocycles. The molecule has 0 bridgehead atoms. The van der Waals surface area contributed by atoms with Crippen LogP contribution in [0.3, 0.4) is 0 Å². The lowest BCUT2D eigenvalue weighted by Gasteiger charge is -1.92. The largest absolute Gasteiger partial charge is 0.702 e. The fourth-order valence-electron chi connectivity index (χ4n) is 1.82. The summed E-state index contributed by atoms with van der Waals surface area (Å²) in [5.41, 5.74) is 0. The van der Waals surface area contributed by atoms with E-state index in [1.54, 1.807) is 0 Å². The molecule has 0 unspecified atom stereocenters. The van der Waals surface area contributed by atoms with Crippen molar-refractivity contribution in [2.24, 2.45) is 0 Å². The summed E-state index contributed by atoms with van der Waals surface area (Å²) in [4.78, 5) is 0. The Bertz CT molecular complexity index is 533. The lowest BCUT2D eigenvalue weighted by Crippen LogP contribution is -4.04. The Morgan fingerprint density at radius 2 is 0.947 bits per heavy atom. The number of halogens is 1. The second-order valence-corrected chi connectivity index (χ2v) is 8.85. The van der Waals surface area contributed by atoms with Gasteiger partial charge in [-0.3, -0.25) is 0 Å². The molecule has 0 aliphatic carbocycles. The maximum absolute atomic E-state index is 2.36. The van der Waals surface area contributed by atoms with Gasteiger partial charge >= 0.3 is 20.4 Å². The van der Waals surface area contributed by atoms with Gasteiger partial charge in [-0.15, -0.1) is 0 Å². The van der Waals surface area contributed by atoms with E-state index in [1.807, 2.05) is 0 Å². The Hall–Kier alpha value is -1.75. The van der Waals surface area contributed by atoms with Crippen LogP contribution in [0, 0.1) is 3.57 Å². The van der Waals surface area contributed by atoms with Gasteiger partial charge in [0.05, 0.1) is 0 Å². The van der Waals surface area contributed by atoms with Crippen LogP contribution in [0.5, 0.6) is 0 Å². The van der Waals surface area contributed by atoms with Crippen molar-refractivity contribution in [3.05, 3.63) is 95.1 Å². The average molecular weight is 362 g/mol. The van der Waals surface area contributed by atoms with Crippen molar-refractivity contribution in [1.29, 1.82) is 0 Å². The van der Waals surface area contributed by atoms with Gasteiger partial charge in [0.15, 0.2) is 0 Å². The van der Waals surface area contributed by atoms with Gasteiger partial charge in [-0.1, -0.05) is 30.3 Å². The molecule has 0 N–H and O–H groups in total. The normalized spacial score (nSPS) is 10.6. The van der Waals surface area contributed by atoms with E-state index < -0.39 is 20.4 Å². The third-order valence-electron chi connectivity index (χ3n) is 2.66. The molecule has 3 rings (SSSR count). The predicted molar refractivity (Wildman–Crippen MR) is 69.2 cm³/mol. The highest BCUT2D eigenvalue weighted by Gasteiger charge is 2.49. The van der Waals surface area contributed by atoms with Crippen molar-refractivity contribution in [3.8, 4) is 0 Å². The Morgan fingerprint density at radius 1 is 0.526 bits per heavy atom. The molecule has 19 heavy (non-hydrogen) atoms. The highest BCUT2D eigenvalue weighted by molar-refractivity contribution is 4.99.